The molecular weight excluding hydrogens is 270 g/mol. The van der Waals surface area contributed by atoms with Crippen LogP contribution < -0.4 is 11.1 Å². The highest BCUT2D eigenvalue weighted by Gasteiger charge is 2.39. The van der Waals surface area contributed by atoms with E-state index in [-0.39, 0.29) is 24.9 Å². The molecular formula is C12H22ClN3O3. The Labute approximate surface area is 119 Å². The van der Waals surface area contributed by atoms with Crippen molar-refractivity contribution >= 4 is 24.2 Å². The number of nitrogens with one attached hydrogen (secondary N) is 1. The summed E-state index contributed by atoms with van der Waals surface area (Å²) in [5.41, 5.74) is 4.72. The first-order valence-corrected chi connectivity index (χ1v) is 6.48. The number of rotatable bonds is 2. The molecule has 19 heavy (non-hydrogen) atoms. The third-order valence-electron chi connectivity index (χ3n) is 3.76. The summed E-state index contributed by atoms with van der Waals surface area (Å²) in [6.45, 7) is 3.97. The molecule has 2 saturated heterocycles. The fraction of sp³-hybridized carbons (Fsp3) is 0.833. The second-order valence-corrected chi connectivity index (χ2v) is 5.23. The molecule has 2 amide bonds. The van der Waals surface area contributed by atoms with Crippen LogP contribution in [0.1, 0.15) is 26.2 Å². The van der Waals surface area contributed by atoms with E-state index in [9.17, 15) is 9.59 Å². The highest BCUT2D eigenvalue weighted by Crippen LogP contribution is 2.22. The van der Waals surface area contributed by atoms with Gasteiger partial charge in [-0.05, 0) is 32.7 Å². The SMILES string of the molecule is CC1(C(=O)N2CCOC(C(N)=O)C2)CCCCN1.Cl. The molecule has 2 aliphatic rings. The molecule has 0 radical (unpaired) electrons. The van der Waals surface area contributed by atoms with Crippen LogP contribution in [0.5, 0.6) is 0 Å². The fourth-order valence-corrected chi connectivity index (χ4v) is 2.59. The monoisotopic (exact) mass is 291 g/mol. The van der Waals surface area contributed by atoms with Gasteiger partial charge in [0, 0.05) is 6.54 Å². The number of nitrogens with two attached hydrogens (primary N) is 1. The Morgan fingerprint density at radius 3 is 2.74 bits per heavy atom. The van der Waals surface area contributed by atoms with Gasteiger partial charge in [-0.15, -0.1) is 12.4 Å². The average Bonchev–Trinajstić information content (AvgIpc) is 2.39. The number of carbonyl (C=O) groups is 2. The lowest BCUT2D eigenvalue weighted by molar-refractivity contribution is -0.150. The third-order valence-corrected chi connectivity index (χ3v) is 3.76. The molecule has 0 aromatic heterocycles. The van der Waals surface area contributed by atoms with Crippen LogP contribution in [-0.2, 0) is 14.3 Å². The summed E-state index contributed by atoms with van der Waals surface area (Å²) in [4.78, 5) is 25.3. The summed E-state index contributed by atoms with van der Waals surface area (Å²) in [5.74, 6) is -0.453. The Morgan fingerprint density at radius 1 is 1.42 bits per heavy atom. The number of nitrogens with zero attached hydrogens (tertiary/aromatic N) is 1. The van der Waals surface area contributed by atoms with Crippen molar-refractivity contribution in [1.29, 1.82) is 0 Å². The number of piperidine rings is 1. The lowest BCUT2D eigenvalue weighted by atomic mass is 9.89. The molecule has 2 aliphatic heterocycles. The van der Waals surface area contributed by atoms with E-state index in [1.54, 1.807) is 4.90 Å². The molecule has 0 aromatic rings. The topological polar surface area (TPSA) is 84.7 Å². The van der Waals surface area contributed by atoms with Gasteiger partial charge in [-0.1, -0.05) is 0 Å². The van der Waals surface area contributed by atoms with E-state index in [0.717, 1.165) is 25.8 Å². The maximum atomic E-state index is 12.5. The number of hydrogen-bond donors (Lipinski definition) is 2. The highest BCUT2D eigenvalue weighted by atomic mass is 35.5. The van der Waals surface area contributed by atoms with Crippen LogP contribution in [-0.4, -0.2) is 54.6 Å². The Morgan fingerprint density at radius 2 is 2.16 bits per heavy atom. The molecule has 2 atom stereocenters. The van der Waals surface area contributed by atoms with Crippen molar-refractivity contribution in [3.8, 4) is 0 Å². The van der Waals surface area contributed by atoms with Gasteiger partial charge in [-0.25, -0.2) is 0 Å². The van der Waals surface area contributed by atoms with E-state index in [4.69, 9.17) is 10.5 Å². The number of ether oxygens (including phenoxy) is 1. The largest absolute Gasteiger partial charge is 0.367 e. The number of hydrogen-bond acceptors (Lipinski definition) is 4. The first kappa shape index (κ1) is 16.2. The normalized spacial score (nSPS) is 31.4. The van der Waals surface area contributed by atoms with Gasteiger partial charge in [0.05, 0.1) is 18.7 Å². The Hall–Kier alpha value is -0.850. The van der Waals surface area contributed by atoms with Crippen molar-refractivity contribution in [3.05, 3.63) is 0 Å². The van der Waals surface area contributed by atoms with E-state index in [1.807, 2.05) is 6.92 Å². The minimum Gasteiger partial charge on any atom is -0.367 e. The number of carbonyl (C=O) groups excluding carboxylic acids is 2. The third kappa shape index (κ3) is 3.58. The van der Waals surface area contributed by atoms with Gasteiger partial charge in [-0.3, -0.25) is 9.59 Å². The van der Waals surface area contributed by atoms with E-state index >= 15 is 0 Å². The molecule has 0 bridgehead atoms. The molecule has 110 valence electrons. The Bertz CT molecular complexity index is 345. The second-order valence-electron chi connectivity index (χ2n) is 5.23. The first-order chi connectivity index (χ1) is 8.53. The van der Waals surface area contributed by atoms with Gasteiger partial charge < -0.3 is 20.7 Å². The van der Waals surface area contributed by atoms with Crippen molar-refractivity contribution in [2.75, 3.05) is 26.2 Å². The number of halogens is 1. The molecule has 2 rings (SSSR count). The average molecular weight is 292 g/mol. The van der Waals surface area contributed by atoms with Crippen molar-refractivity contribution in [2.24, 2.45) is 5.73 Å². The molecule has 6 nitrogen and oxygen atoms in total. The van der Waals surface area contributed by atoms with Crippen LogP contribution in [0.25, 0.3) is 0 Å². The molecule has 2 unspecified atom stereocenters. The van der Waals surface area contributed by atoms with Crippen LogP contribution in [0.2, 0.25) is 0 Å². The van der Waals surface area contributed by atoms with E-state index < -0.39 is 17.6 Å². The van der Waals surface area contributed by atoms with E-state index in [1.165, 1.54) is 0 Å². The molecule has 7 heteroatoms. The summed E-state index contributed by atoms with van der Waals surface area (Å²) >= 11 is 0. The highest BCUT2D eigenvalue weighted by molar-refractivity contribution is 5.87. The predicted molar refractivity (Wildman–Crippen MR) is 73.0 cm³/mol. The lowest BCUT2D eigenvalue weighted by Gasteiger charge is -2.40. The van der Waals surface area contributed by atoms with Gasteiger partial charge in [0.1, 0.15) is 0 Å². The maximum Gasteiger partial charge on any atom is 0.248 e. The lowest BCUT2D eigenvalue weighted by Crippen LogP contribution is -2.61. The van der Waals surface area contributed by atoms with Crippen molar-refractivity contribution in [3.63, 3.8) is 0 Å². The van der Waals surface area contributed by atoms with Crippen LogP contribution in [0.4, 0.5) is 0 Å². The Kier molecular flexibility index (Phi) is 5.58. The summed E-state index contributed by atoms with van der Waals surface area (Å²) in [7, 11) is 0. The van der Waals surface area contributed by atoms with Crippen molar-refractivity contribution < 1.29 is 14.3 Å². The van der Waals surface area contributed by atoms with Gasteiger partial charge in [0.15, 0.2) is 6.10 Å². The maximum absolute atomic E-state index is 12.5. The molecule has 0 saturated carbocycles. The van der Waals surface area contributed by atoms with Crippen LogP contribution in [0, 0.1) is 0 Å². The van der Waals surface area contributed by atoms with Crippen molar-refractivity contribution in [2.45, 2.75) is 37.8 Å². The molecule has 3 N–H and O–H groups in total. The minimum absolute atomic E-state index is 0. The standard InChI is InChI=1S/C12H21N3O3.ClH/c1-12(4-2-3-5-14-12)11(17)15-6-7-18-9(8-15)10(13)16;/h9,14H,2-8H2,1H3,(H2,13,16);1H. The van der Waals surface area contributed by atoms with Crippen molar-refractivity contribution in [1.82, 2.24) is 10.2 Å². The smallest absolute Gasteiger partial charge is 0.248 e. The number of amides is 2. The van der Waals surface area contributed by atoms with E-state index in [0.29, 0.717) is 13.2 Å². The van der Waals surface area contributed by atoms with E-state index in [2.05, 4.69) is 5.32 Å². The number of morpholine rings is 1. The predicted octanol–water partition coefficient (Wildman–Crippen LogP) is -0.347. The summed E-state index contributed by atoms with van der Waals surface area (Å²) in [6, 6.07) is 0. The summed E-state index contributed by atoms with van der Waals surface area (Å²) in [5, 5.41) is 3.29. The van der Waals surface area contributed by atoms with Gasteiger partial charge in [-0.2, -0.15) is 0 Å². The van der Waals surface area contributed by atoms with Crippen LogP contribution >= 0.6 is 12.4 Å². The minimum atomic E-state index is -0.671. The molecule has 0 aliphatic carbocycles. The zero-order valence-electron chi connectivity index (χ0n) is 11.2. The van der Waals surface area contributed by atoms with Gasteiger partial charge in [0.2, 0.25) is 11.8 Å². The summed E-state index contributed by atoms with van der Waals surface area (Å²) in [6.07, 6.45) is 2.33. The zero-order valence-corrected chi connectivity index (χ0v) is 12.0. The first-order valence-electron chi connectivity index (χ1n) is 6.48. The second kappa shape index (κ2) is 6.54. The molecule has 2 heterocycles. The van der Waals surface area contributed by atoms with Gasteiger partial charge >= 0.3 is 0 Å². The number of primary amides is 1. The van der Waals surface area contributed by atoms with Crippen LogP contribution in [0.15, 0.2) is 0 Å². The van der Waals surface area contributed by atoms with Crippen LogP contribution in [0.3, 0.4) is 0 Å². The molecule has 2 fully saturated rings. The Balaban J connectivity index is 0.00000180. The summed E-state index contributed by atoms with van der Waals surface area (Å²) < 4.78 is 5.25. The fourth-order valence-electron chi connectivity index (χ4n) is 2.59. The quantitative estimate of drug-likeness (QED) is 0.728. The zero-order chi connectivity index (χ0) is 13.2. The van der Waals surface area contributed by atoms with Gasteiger partial charge in [0.25, 0.3) is 0 Å². The molecule has 0 spiro atoms. The molecule has 0 aromatic carbocycles.